The summed E-state index contributed by atoms with van der Waals surface area (Å²) in [5.41, 5.74) is 3.45. The molecule has 1 N–H and O–H groups in total. The molecule has 1 amide bonds. The average Bonchev–Trinajstić information content (AvgIpc) is 2.78. The molecule has 0 spiro atoms. The second-order valence-electron chi connectivity index (χ2n) is 6.90. The van der Waals surface area contributed by atoms with Crippen molar-refractivity contribution in [1.29, 1.82) is 0 Å². The Bertz CT molecular complexity index is 882. The van der Waals surface area contributed by atoms with E-state index in [9.17, 15) is 4.79 Å². The van der Waals surface area contributed by atoms with Crippen molar-refractivity contribution in [1.82, 2.24) is 5.32 Å². The number of nitrogens with one attached hydrogen (secondary N) is 1. The molecule has 3 aromatic carbocycles. The van der Waals surface area contributed by atoms with Crippen LogP contribution in [-0.4, -0.2) is 26.1 Å². The van der Waals surface area contributed by atoms with E-state index in [0.717, 1.165) is 30.0 Å². The lowest BCUT2D eigenvalue weighted by atomic mass is 10.1. The van der Waals surface area contributed by atoms with Gasteiger partial charge in [0.15, 0.2) is 0 Å². The van der Waals surface area contributed by atoms with E-state index in [-0.39, 0.29) is 5.91 Å². The first-order chi connectivity index (χ1) is 14.3. The molecule has 0 saturated carbocycles. The summed E-state index contributed by atoms with van der Waals surface area (Å²) in [4.78, 5) is 14.7. The second kappa shape index (κ2) is 10.9. The van der Waals surface area contributed by atoms with Crippen LogP contribution in [0.3, 0.4) is 0 Å². The van der Waals surface area contributed by atoms with Gasteiger partial charge in [0.25, 0.3) is 0 Å². The monoisotopic (exact) mass is 388 g/mol. The van der Waals surface area contributed by atoms with Crippen molar-refractivity contribution in [3.8, 4) is 5.75 Å². The van der Waals surface area contributed by atoms with Crippen molar-refractivity contribution >= 4 is 11.6 Å². The second-order valence-corrected chi connectivity index (χ2v) is 6.90. The number of ether oxygens (including phenoxy) is 1. The number of carbonyl (C=O) groups is 1. The van der Waals surface area contributed by atoms with Gasteiger partial charge in [0.2, 0.25) is 5.91 Å². The summed E-state index contributed by atoms with van der Waals surface area (Å²) >= 11 is 0. The molecule has 4 heteroatoms. The summed E-state index contributed by atoms with van der Waals surface area (Å²) < 4.78 is 5.37. The smallest absolute Gasteiger partial charge is 0.221 e. The van der Waals surface area contributed by atoms with Crippen LogP contribution in [-0.2, 0) is 17.8 Å². The summed E-state index contributed by atoms with van der Waals surface area (Å²) in [5, 5.41) is 3.03. The Morgan fingerprint density at radius 2 is 1.55 bits per heavy atom. The lowest BCUT2D eigenvalue weighted by Crippen LogP contribution is -2.31. The van der Waals surface area contributed by atoms with Crippen LogP contribution in [0.2, 0.25) is 0 Å². The third kappa shape index (κ3) is 6.39. The zero-order valence-electron chi connectivity index (χ0n) is 16.9. The molecule has 0 saturated heterocycles. The third-order valence-corrected chi connectivity index (χ3v) is 4.86. The Hall–Kier alpha value is -3.27. The quantitative estimate of drug-likeness (QED) is 0.558. The van der Waals surface area contributed by atoms with Crippen molar-refractivity contribution in [3.05, 3.63) is 96.1 Å². The largest absolute Gasteiger partial charge is 0.496 e. The van der Waals surface area contributed by atoms with Crippen molar-refractivity contribution in [3.63, 3.8) is 0 Å². The molecule has 0 fully saturated rings. The maximum absolute atomic E-state index is 12.4. The van der Waals surface area contributed by atoms with Crippen LogP contribution in [0.1, 0.15) is 17.5 Å². The minimum absolute atomic E-state index is 0.0638. The minimum Gasteiger partial charge on any atom is -0.496 e. The van der Waals surface area contributed by atoms with E-state index < -0.39 is 0 Å². The van der Waals surface area contributed by atoms with Crippen molar-refractivity contribution in [2.45, 2.75) is 19.4 Å². The number of amides is 1. The van der Waals surface area contributed by atoms with Gasteiger partial charge in [0, 0.05) is 31.7 Å². The predicted octanol–water partition coefficient (Wildman–Crippen LogP) is 4.45. The van der Waals surface area contributed by atoms with Gasteiger partial charge >= 0.3 is 0 Å². The Kier molecular flexibility index (Phi) is 7.70. The maximum atomic E-state index is 12.4. The number of anilines is 1. The van der Waals surface area contributed by atoms with Gasteiger partial charge in [0.1, 0.15) is 5.75 Å². The van der Waals surface area contributed by atoms with Crippen molar-refractivity contribution in [2.24, 2.45) is 0 Å². The van der Waals surface area contributed by atoms with Crippen LogP contribution < -0.4 is 15.0 Å². The number of carbonyl (C=O) groups excluding carboxylic acids is 1. The fourth-order valence-corrected chi connectivity index (χ4v) is 3.31. The predicted molar refractivity (Wildman–Crippen MR) is 118 cm³/mol. The van der Waals surface area contributed by atoms with Crippen LogP contribution in [0.15, 0.2) is 84.9 Å². The first kappa shape index (κ1) is 20.5. The molecular formula is C25H28N2O2. The molecule has 3 aromatic rings. The van der Waals surface area contributed by atoms with Gasteiger partial charge in [-0.1, -0.05) is 66.7 Å². The highest BCUT2D eigenvalue weighted by atomic mass is 16.5. The topological polar surface area (TPSA) is 41.6 Å². The van der Waals surface area contributed by atoms with Crippen LogP contribution in [0.25, 0.3) is 0 Å². The molecule has 0 radical (unpaired) electrons. The van der Waals surface area contributed by atoms with E-state index in [1.807, 2.05) is 60.7 Å². The van der Waals surface area contributed by atoms with E-state index in [1.165, 1.54) is 5.56 Å². The molecule has 29 heavy (non-hydrogen) atoms. The molecule has 4 nitrogen and oxygen atoms in total. The average molecular weight is 389 g/mol. The first-order valence-corrected chi connectivity index (χ1v) is 9.99. The Morgan fingerprint density at radius 1 is 0.897 bits per heavy atom. The number of para-hydroxylation sites is 2. The number of nitrogens with zero attached hydrogens (tertiary/aromatic N) is 1. The molecule has 0 bridgehead atoms. The minimum atomic E-state index is 0.0638. The van der Waals surface area contributed by atoms with Gasteiger partial charge in [-0.3, -0.25) is 4.79 Å². The summed E-state index contributed by atoms with van der Waals surface area (Å²) in [6.45, 7) is 2.04. The summed E-state index contributed by atoms with van der Waals surface area (Å²) in [6.07, 6.45) is 1.20. The van der Waals surface area contributed by atoms with Gasteiger partial charge in [-0.2, -0.15) is 0 Å². The highest BCUT2D eigenvalue weighted by Gasteiger charge is 2.10. The van der Waals surface area contributed by atoms with Crippen LogP contribution in [0.5, 0.6) is 5.75 Å². The fourth-order valence-electron chi connectivity index (χ4n) is 3.31. The standard InChI is InChI=1S/C25H28N2O2/c1-29-24-15-9-8-12-22(24)16-18-26-25(28)17-19-27(23-13-6-3-7-14-23)20-21-10-4-2-5-11-21/h2-15H,16-20H2,1H3,(H,26,28). The molecule has 0 aliphatic rings. The van der Waals surface area contributed by atoms with Gasteiger partial charge in [0.05, 0.1) is 7.11 Å². The number of hydrogen-bond donors (Lipinski definition) is 1. The van der Waals surface area contributed by atoms with E-state index >= 15 is 0 Å². The summed E-state index contributed by atoms with van der Waals surface area (Å²) in [6, 6.07) is 28.5. The Morgan fingerprint density at radius 3 is 2.28 bits per heavy atom. The molecular weight excluding hydrogens is 360 g/mol. The fraction of sp³-hybridized carbons (Fsp3) is 0.240. The number of rotatable bonds is 10. The highest BCUT2D eigenvalue weighted by Crippen LogP contribution is 2.18. The molecule has 0 atom stereocenters. The molecule has 0 aliphatic carbocycles. The van der Waals surface area contributed by atoms with Crippen molar-refractivity contribution < 1.29 is 9.53 Å². The van der Waals surface area contributed by atoms with Gasteiger partial charge in [-0.25, -0.2) is 0 Å². The molecule has 0 heterocycles. The van der Waals surface area contributed by atoms with E-state index in [0.29, 0.717) is 19.5 Å². The van der Waals surface area contributed by atoms with Crippen LogP contribution >= 0.6 is 0 Å². The molecule has 3 rings (SSSR count). The molecule has 150 valence electrons. The van der Waals surface area contributed by atoms with Gasteiger partial charge < -0.3 is 15.0 Å². The Labute approximate surface area is 173 Å². The van der Waals surface area contributed by atoms with Crippen LogP contribution in [0.4, 0.5) is 5.69 Å². The normalized spacial score (nSPS) is 10.4. The SMILES string of the molecule is COc1ccccc1CCNC(=O)CCN(Cc1ccccc1)c1ccccc1. The van der Waals surface area contributed by atoms with Gasteiger partial charge in [-0.15, -0.1) is 0 Å². The highest BCUT2D eigenvalue weighted by molar-refractivity contribution is 5.76. The third-order valence-electron chi connectivity index (χ3n) is 4.86. The maximum Gasteiger partial charge on any atom is 0.221 e. The van der Waals surface area contributed by atoms with Crippen LogP contribution in [0, 0.1) is 0 Å². The first-order valence-electron chi connectivity index (χ1n) is 9.99. The lowest BCUT2D eigenvalue weighted by Gasteiger charge is -2.25. The summed E-state index contributed by atoms with van der Waals surface area (Å²) in [7, 11) is 1.67. The zero-order chi connectivity index (χ0) is 20.3. The van der Waals surface area contributed by atoms with E-state index in [2.05, 4.69) is 34.5 Å². The Balaban J connectivity index is 1.52. The lowest BCUT2D eigenvalue weighted by molar-refractivity contribution is -0.120. The number of benzene rings is 3. The number of hydrogen-bond acceptors (Lipinski definition) is 3. The molecule has 0 aliphatic heterocycles. The van der Waals surface area contributed by atoms with Gasteiger partial charge in [-0.05, 0) is 35.7 Å². The van der Waals surface area contributed by atoms with E-state index in [4.69, 9.17) is 4.74 Å². The molecule has 0 aromatic heterocycles. The summed E-state index contributed by atoms with van der Waals surface area (Å²) in [5.74, 6) is 0.925. The van der Waals surface area contributed by atoms with Crippen molar-refractivity contribution in [2.75, 3.05) is 25.1 Å². The zero-order valence-corrected chi connectivity index (χ0v) is 16.9. The number of methoxy groups -OCH3 is 1. The van der Waals surface area contributed by atoms with E-state index in [1.54, 1.807) is 7.11 Å². The molecule has 0 unspecified atom stereocenters.